The van der Waals surface area contributed by atoms with E-state index >= 15 is 0 Å². The van der Waals surface area contributed by atoms with Gasteiger partial charge in [0.2, 0.25) is 5.52 Å². The number of hydrogen-bond acceptors (Lipinski definition) is 2. The minimum atomic E-state index is -2.46. The van der Waals surface area contributed by atoms with Crippen LogP contribution in [0.1, 0.15) is 27.0 Å². The lowest BCUT2D eigenvalue weighted by molar-refractivity contribution is 0.108. The summed E-state index contributed by atoms with van der Waals surface area (Å²) in [7, 11) is -2.46. The average molecular weight is 272 g/mol. The summed E-state index contributed by atoms with van der Waals surface area (Å²) < 4.78 is 12.5. The average Bonchev–Trinajstić information content (AvgIpc) is 2.37. The van der Waals surface area contributed by atoms with Crippen molar-refractivity contribution in [2.75, 3.05) is 0 Å². The first-order valence-electron chi connectivity index (χ1n) is 6.22. The van der Waals surface area contributed by atoms with E-state index in [2.05, 4.69) is 0 Å². The summed E-state index contributed by atoms with van der Waals surface area (Å²) in [5, 5.41) is 0.712. The van der Waals surface area contributed by atoms with Crippen molar-refractivity contribution in [3.63, 3.8) is 0 Å². The second-order valence-electron chi connectivity index (χ2n) is 4.80. The maximum atomic E-state index is 12.5. The molecule has 2 aromatic carbocycles. The van der Waals surface area contributed by atoms with Gasteiger partial charge in [0.25, 0.3) is 0 Å². The predicted molar refractivity (Wildman–Crippen MR) is 80.1 cm³/mol. The minimum Gasteiger partial charge on any atom is -0.313 e. The first kappa shape index (κ1) is 13.8. The summed E-state index contributed by atoms with van der Waals surface area (Å²) in [5.41, 5.74) is 3.25. The molecule has 0 aliphatic rings. The largest absolute Gasteiger partial charge is 0.313 e. The number of aryl methyl sites for hydroxylation is 3. The van der Waals surface area contributed by atoms with Gasteiger partial charge in [0.05, 0.1) is 0 Å². The highest BCUT2D eigenvalue weighted by Crippen LogP contribution is 2.29. The Morgan fingerprint density at radius 3 is 2.00 bits per heavy atom. The highest BCUT2D eigenvalue weighted by Gasteiger charge is 2.19. The summed E-state index contributed by atoms with van der Waals surface area (Å²) in [5.74, 6) is 0. The molecule has 0 amide bonds. The molecule has 0 aromatic heterocycles. The van der Waals surface area contributed by atoms with Crippen molar-refractivity contribution in [2.24, 2.45) is 0 Å². The molecule has 0 saturated heterocycles. The Balaban J connectivity index is 2.44. The van der Waals surface area contributed by atoms with Crippen LogP contribution < -0.4 is 5.30 Å². The van der Waals surface area contributed by atoms with E-state index in [-0.39, 0.29) is 5.52 Å². The van der Waals surface area contributed by atoms with Crippen LogP contribution in [0.4, 0.5) is 0 Å². The van der Waals surface area contributed by atoms with E-state index in [1.54, 1.807) is 24.3 Å². The van der Waals surface area contributed by atoms with Crippen molar-refractivity contribution in [1.29, 1.82) is 0 Å². The molecule has 0 aliphatic heterocycles. The second kappa shape index (κ2) is 5.54. The van der Waals surface area contributed by atoms with Crippen LogP contribution in [0.15, 0.2) is 42.5 Å². The zero-order valence-electron chi connectivity index (χ0n) is 11.4. The molecule has 3 heteroatoms. The predicted octanol–water partition coefficient (Wildman–Crippen LogP) is 3.64. The van der Waals surface area contributed by atoms with Gasteiger partial charge in [0.15, 0.2) is 7.80 Å². The van der Waals surface area contributed by atoms with E-state index in [4.69, 9.17) is 0 Å². The molecular weight excluding hydrogens is 255 g/mol. The Morgan fingerprint density at radius 2 is 1.47 bits per heavy atom. The summed E-state index contributed by atoms with van der Waals surface area (Å²) >= 11 is 0. The van der Waals surface area contributed by atoms with Crippen LogP contribution in [-0.4, -0.2) is 5.52 Å². The van der Waals surface area contributed by atoms with Gasteiger partial charge in [0.1, 0.15) is 0 Å². The van der Waals surface area contributed by atoms with Gasteiger partial charge >= 0.3 is 0 Å². The van der Waals surface area contributed by atoms with Gasteiger partial charge in [-0.25, -0.2) is 0 Å². The van der Waals surface area contributed by atoms with E-state index in [1.807, 2.05) is 39.0 Å². The van der Waals surface area contributed by atoms with E-state index < -0.39 is 7.80 Å². The third-order valence-electron chi connectivity index (χ3n) is 3.15. The lowest BCUT2D eigenvalue weighted by atomic mass is 10.1. The van der Waals surface area contributed by atoms with E-state index in [0.29, 0.717) is 10.9 Å². The van der Waals surface area contributed by atoms with Crippen molar-refractivity contribution < 1.29 is 9.36 Å². The molecule has 98 valence electrons. The number of benzene rings is 2. The fourth-order valence-electron chi connectivity index (χ4n) is 2.37. The molecule has 0 heterocycles. The number of hydrogen-bond donors (Lipinski definition) is 0. The normalized spacial score (nSPS) is 12.2. The van der Waals surface area contributed by atoms with Crippen LogP contribution in [-0.2, 0) is 4.57 Å². The van der Waals surface area contributed by atoms with Crippen LogP contribution >= 0.6 is 7.80 Å². The molecule has 2 rings (SSSR count). The first-order valence-corrected chi connectivity index (χ1v) is 7.63. The minimum absolute atomic E-state index is 0.263. The molecular formula is C16H17O2P. The quantitative estimate of drug-likeness (QED) is 0.799. The van der Waals surface area contributed by atoms with Crippen molar-refractivity contribution in [1.82, 2.24) is 0 Å². The molecule has 2 nitrogen and oxygen atoms in total. The maximum Gasteiger partial charge on any atom is 0.222 e. The molecule has 0 fully saturated rings. The summed E-state index contributed by atoms with van der Waals surface area (Å²) in [6.07, 6.45) is 0. The zero-order chi connectivity index (χ0) is 14.0. The summed E-state index contributed by atoms with van der Waals surface area (Å²) in [6.45, 7) is 5.83. The Hall–Kier alpha value is -1.66. The lowest BCUT2D eigenvalue weighted by Gasteiger charge is -2.10. The van der Waals surface area contributed by atoms with Crippen LogP contribution in [0.3, 0.4) is 0 Å². The molecule has 0 radical (unpaired) electrons. The third kappa shape index (κ3) is 2.85. The molecule has 0 N–H and O–H groups in total. The maximum absolute atomic E-state index is 12.5. The highest BCUT2D eigenvalue weighted by atomic mass is 31.1. The topological polar surface area (TPSA) is 34.1 Å². The number of carbonyl (C=O) groups excluding carboxylic acids is 1. The highest BCUT2D eigenvalue weighted by molar-refractivity contribution is 7.71. The fraction of sp³-hybridized carbons (Fsp3) is 0.188. The van der Waals surface area contributed by atoms with Gasteiger partial charge < -0.3 is 4.57 Å². The monoisotopic (exact) mass is 272 g/mol. The van der Waals surface area contributed by atoms with Gasteiger partial charge in [-0.1, -0.05) is 48.0 Å². The molecule has 0 saturated carbocycles. The molecule has 2 aromatic rings. The van der Waals surface area contributed by atoms with Crippen LogP contribution in [0.25, 0.3) is 0 Å². The third-order valence-corrected chi connectivity index (χ3v) is 5.09. The lowest BCUT2D eigenvalue weighted by Crippen LogP contribution is -2.11. The van der Waals surface area contributed by atoms with Crippen molar-refractivity contribution >= 4 is 18.6 Å². The van der Waals surface area contributed by atoms with Crippen LogP contribution in [0.2, 0.25) is 0 Å². The number of rotatable bonds is 3. The molecule has 19 heavy (non-hydrogen) atoms. The molecule has 0 spiro atoms. The van der Waals surface area contributed by atoms with Gasteiger partial charge in [-0.05, 0) is 31.9 Å². The van der Waals surface area contributed by atoms with E-state index in [0.717, 1.165) is 16.7 Å². The van der Waals surface area contributed by atoms with Gasteiger partial charge in [-0.3, -0.25) is 4.79 Å². The summed E-state index contributed by atoms with van der Waals surface area (Å²) in [6, 6.07) is 12.8. The van der Waals surface area contributed by atoms with Gasteiger partial charge in [0, 0.05) is 10.9 Å². The molecule has 0 bridgehead atoms. The Morgan fingerprint density at radius 1 is 0.947 bits per heavy atom. The van der Waals surface area contributed by atoms with Crippen molar-refractivity contribution in [2.45, 2.75) is 20.8 Å². The number of carbonyl (C=O) groups is 1. The molecule has 0 aliphatic carbocycles. The Bertz CT molecular complexity index is 622. The van der Waals surface area contributed by atoms with Crippen LogP contribution in [0.5, 0.6) is 0 Å². The van der Waals surface area contributed by atoms with E-state index in [9.17, 15) is 9.36 Å². The van der Waals surface area contributed by atoms with Gasteiger partial charge in [-0.15, -0.1) is 0 Å². The fourth-order valence-corrected chi connectivity index (χ4v) is 3.89. The standard InChI is InChI=1S/C16H17O2P/c1-11-9-12(2)15(13(3)10-11)19(18)16(17)14-7-5-4-6-8-14/h4-10,19H,1-3H3. The SMILES string of the molecule is Cc1cc(C)c([PH](=O)C(=O)c2ccccc2)c(C)c1. The summed E-state index contributed by atoms with van der Waals surface area (Å²) in [4.78, 5) is 12.3. The molecule has 1 unspecified atom stereocenters. The molecule has 1 atom stereocenters. The Kier molecular flexibility index (Phi) is 4.01. The second-order valence-corrected chi connectivity index (χ2v) is 6.41. The van der Waals surface area contributed by atoms with Crippen molar-refractivity contribution in [3.8, 4) is 0 Å². The van der Waals surface area contributed by atoms with Crippen molar-refractivity contribution in [3.05, 3.63) is 64.7 Å². The van der Waals surface area contributed by atoms with Gasteiger partial charge in [-0.2, -0.15) is 0 Å². The van der Waals surface area contributed by atoms with E-state index in [1.165, 1.54) is 0 Å². The zero-order valence-corrected chi connectivity index (χ0v) is 12.4. The van der Waals surface area contributed by atoms with Crippen LogP contribution in [0, 0.1) is 20.8 Å². The smallest absolute Gasteiger partial charge is 0.222 e. The Labute approximate surface area is 114 Å². The first-order chi connectivity index (χ1) is 9.00.